The molecule has 2 N–H and O–H groups in total. The molecule has 0 saturated heterocycles. The fourth-order valence-electron chi connectivity index (χ4n) is 1.62. The minimum absolute atomic E-state index is 0. The third-order valence-corrected chi connectivity index (χ3v) is 2.34. The van der Waals surface area contributed by atoms with Crippen molar-refractivity contribution >= 4 is 11.0 Å². The van der Waals surface area contributed by atoms with Crippen LogP contribution in [0.3, 0.4) is 0 Å². The normalized spacial score (nSPS) is 8.60. The van der Waals surface area contributed by atoms with E-state index in [0.717, 1.165) is 36.4 Å². The molecule has 0 bridgehead atoms. The van der Waals surface area contributed by atoms with Gasteiger partial charge in [0.15, 0.2) is 5.58 Å². The number of para-hydroxylation sites is 1. The maximum atomic E-state index is 7.00. The molecule has 109 valence electrons. The second-order valence-electron chi connectivity index (χ2n) is 3.30. The van der Waals surface area contributed by atoms with Crippen LogP contribution in [0.5, 0.6) is 0 Å². The van der Waals surface area contributed by atoms with Gasteiger partial charge in [-0.25, -0.2) is 0 Å². The first-order chi connectivity index (χ1) is 9.45. The zero-order valence-corrected chi connectivity index (χ0v) is 13.6. The average molecular weight is 451 g/mol. The van der Waals surface area contributed by atoms with Crippen LogP contribution in [0.25, 0.3) is 22.2 Å². The van der Waals surface area contributed by atoms with Gasteiger partial charge in [-0.1, -0.05) is 18.2 Å². The number of fused-ring (bicyclic) bond motifs is 1. The van der Waals surface area contributed by atoms with Crippen LogP contribution in [-0.2, 0) is 20.1 Å². The Balaban J connectivity index is 0.000000667. The summed E-state index contributed by atoms with van der Waals surface area (Å²) in [6.45, 7) is 0. The summed E-state index contributed by atoms with van der Waals surface area (Å²) in [6, 6.07) is 18.7. The predicted molar refractivity (Wildman–Crippen MR) is 74.6 cm³/mol. The molecular formula is C15H16IrNO3-. The number of benzene rings is 2. The topological polar surface area (TPSA) is 66.5 Å². The van der Waals surface area contributed by atoms with Gasteiger partial charge in [-0.15, -0.1) is 41.1 Å². The maximum Gasteiger partial charge on any atom is 0.157 e. The van der Waals surface area contributed by atoms with Crippen molar-refractivity contribution in [1.82, 2.24) is 5.16 Å². The third kappa shape index (κ3) is 4.25. The van der Waals surface area contributed by atoms with E-state index in [1.807, 2.05) is 48.5 Å². The van der Waals surface area contributed by atoms with E-state index in [1.165, 1.54) is 0 Å². The van der Waals surface area contributed by atoms with Crippen LogP contribution in [0.15, 0.2) is 53.1 Å². The van der Waals surface area contributed by atoms with E-state index in [2.05, 4.69) is 11.2 Å². The average Bonchev–Trinajstić information content (AvgIpc) is 2.96. The molecule has 0 spiro atoms. The Hall–Kier alpha value is -1.52. The first-order valence-electron chi connectivity index (χ1n) is 5.66. The summed E-state index contributed by atoms with van der Waals surface area (Å²) in [7, 11) is 2.00. The molecule has 1 heterocycles. The summed E-state index contributed by atoms with van der Waals surface area (Å²) in [5.74, 6) is 0. The Kier molecular flexibility index (Phi) is 9.51. The molecule has 0 amide bonds. The van der Waals surface area contributed by atoms with Crippen molar-refractivity contribution in [1.29, 1.82) is 0 Å². The molecule has 0 aliphatic carbocycles. The summed E-state index contributed by atoms with van der Waals surface area (Å²) >= 11 is 0. The molecule has 4 nitrogen and oxygen atoms in total. The fraction of sp³-hybridized carbons (Fsp3) is 0.133. The van der Waals surface area contributed by atoms with Gasteiger partial charge in [0, 0.05) is 45.4 Å². The molecule has 5 heteroatoms. The number of nitrogens with zero attached hydrogens (tertiary/aromatic N) is 1. The zero-order chi connectivity index (χ0) is 14.1. The molecule has 0 aliphatic heterocycles. The van der Waals surface area contributed by atoms with E-state index >= 15 is 0 Å². The third-order valence-electron chi connectivity index (χ3n) is 2.34. The molecule has 2 aromatic carbocycles. The zero-order valence-electron chi connectivity index (χ0n) is 11.2. The SMILES string of the molecule is CO.CO.[Ir].[c-]1ccccc1-c1noc2ccccc12. The molecule has 3 aromatic rings. The summed E-state index contributed by atoms with van der Waals surface area (Å²) in [5.41, 5.74) is 2.62. The molecule has 0 aliphatic rings. The van der Waals surface area contributed by atoms with Gasteiger partial charge in [-0.2, -0.15) is 0 Å². The number of aliphatic hydroxyl groups is 2. The fourth-order valence-corrected chi connectivity index (χ4v) is 1.62. The molecule has 0 saturated carbocycles. The predicted octanol–water partition coefficient (Wildman–Crippen LogP) is 2.51. The molecule has 0 unspecified atom stereocenters. The van der Waals surface area contributed by atoms with Gasteiger partial charge in [-0.05, 0) is 6.07 Å². The second kappa shape index (κ2) is 10.3. The Labute approximate surface area is 131 Å². The maximum absolute atomic E-state index is 7.00. The monoisotopic (exact) mass is 451 g/mol. The van der Waals surface area contributed by atoms with Crippen LogP contribution in [0.4, 0.5) is 0 Å². The Morgan fingerprint density at radius 1 is 0.950 bits per heavy atom. The molecule has 0 fully saturated rings. The van der Waals surface area contributed by atoms with Crippen LogP contribution in [0.1, 0.15) is 0 Å². The molecular weight excluding hydrogens is 434 g/mol. The number of rotatable bonds is 1. The van der Waals surface area contributed by atoms with Crippen LogP contribution in [0.2, 0.25) is 0 Å². The van der Waals surface area contributed by atoms with E-state index in [1.54, 1.807) is 0 Å². The van der Waals surface area contributed by atoms with Crippen molar-refractivity contribution in [3.05, 3.63) is 54.6 Å². The smallest absolute Gasteiger partial charge is 0.157 e. The van der Waals surface area contributed by atoms with Gasteiger partial charge in [0.05, 0.1) is 0 Å². The number of hydrogen-bond acceptors (Lipinski definition) is 4. The van der Waals surface area contributed by atoms with Crippen molar-refractivity contribution in [3.63, 3.8) is 0 Å². The van der Waals surface area contributed by atoms with Gasteiger partial charge < -0.3 is 14.7 Å². The quantitative estimate of drug-likeness (QED) is 0.560. The van der Waals surface area contributed by atoms with Crippen LogP contribution >= 0.6 is 0 Å². The van der Waals surface area contributed by atoms with Crippen molar-refractivity contribution < 1.29 is 34.8 Å². The van der Waals surface area contributed by atoms with Crippen LogP contribution in [0, 0.1) is 6.07 Å². The van der Waals surface area contributed by atoms with Gasteiger partial charge in [0.25, 0.3) is 0 Å². The number of hydrogen-bond donors (Lipinski definition) is 2. The second-order valence-corrected chi connectivity index (χ2v) is 3.30. The van der Waals surface area contributed by atoms with E-state index in [0.29, 0.717) is 0 Å². The van der Waals surface area contributed by atoms with Crippen molar-refractivity contribution in [2.24, 2.45) is 0 Å². The van der Waals surface area contributed by atoms with Gasteiger partial charge in [-0.3, -0.25) is 0 Å². The molecule has 3 rings (SSSR count). The van der Waals surface area contributed by atoms with Gasteiger partial charge in [0.1, 0.15) is 0 Å². The van der Waals surface area contributed by atoms with E-state index in [-0.39, 0.29) is 20.1 Å². The van der Waals surface area contributed by atoms with Crippen LogP contribution < -0.4 is 0 Å². The summed E-state index contributed by atoms with van der Waals surface area (Å²) in [4.78, 5) is 0. The molecule has 1 radical (unpaired) electrons. The van der Waals surface area contributed by atoms with Crippen molar-refractivity contribution in [2.75, 3.05) is 14.2 Å². The minimum Gasteiger partial charge on any atom is -0.400 e. The first-order valence-corrected chi connectivity index (χ1v) is 5.66. The first kappa shape index (κ1) is 18.5. The Morgan fingerprint density at radius 3 is 2.25 bits per heavy atom. The van der Waals surface area contributed by atoms with Crippen molar-refractivity contribution in [3.8, 4) is 11.3 Å². The van der Waals surface area contributed by atoms with Crippen LogP contribution in [-0.4, -0.2) is 29.6 Å². The summed E-state index contributed by atoms with van der Waals surface area (Å²) in [6.07, 6.45) is 0. The van der Waals surface area contributed by atoms with E-state index in [9.17, 15) is 0 Å². The summed E-state index contributed by atoms with van der Waals surface area (Å²) in [5, 5.41) is 19.1. The molecule has 0 atom stereocenters. The Bertz CT molecular complexity index is 596. The van der Waals surface area contributed by atoms with Gasteiger partial charge in [0.2, 0.25) is 0 Å². The molecule has 1 aromatic heterocycles. The standard InChI is InChI=1S/C13H8NO.2CH4O.Ir/c1-2-6-10(7-3-1)13-11-8-4-5-9-12(11)15-14-13;2*1-2;/h1-6,8-9H;2*2H,1H3;/q-1;;;. The molecule has 20 heavy (non-hydrogen) atoms. The number of aliphatic hydroxyl groups excluding tert-OH is 2. The summed E-state index contributed by atoms with van der Waals surface area (Å²) < 4.78 is 5.23. The Morgan fingerprint density at radius 2 is 1.60 bits per heavy atom. The van der Waals surface area contributed by atoms with Crippen molar-refractivity contribution in [2.45, 2.75) is 0 Å². The van der Waals surface area contributed by atoms with E-state index < -0.39 is 0 Å². The minimum atomic E-state index is 0. The largest absolute Gasteiger partial charge is 0.400 e. The van der Waals surface area contributed by atoms with Gasteiger partial charge >= 0.3 is 0 Å². The van der Waals surface area contributed by atoms with E-state index in [4.69, 9.17) is 14.7 Å². The number of aromatic nitrogens is 1.